The van der Waals surface area contributed by atoms with Crippen LogP contribution in [-0.4, -0.2) is 61.0 Å². The van der Waals surface area contributed by atoms with Gasteiger partial charge < -0.3 is 13.7 Å². The summed E-state index contributed by atoms with van der Waals surface area (Å²) in [5.41, 5.74) is 0.497. The molecule has 0 radical (unpaired) electrons. The molecule has 0 N–H and O–H groups in total. The number of hydrogen-bond acceptors (Lipinski definition) is 7. The first-order chi connectivity index (χ1) is 11.0. The van der Waals surface area contributed by atoms with Crippen molar-refractivity contribution in [3.05, 3.63) is 18.2 Å². The Kier molecular flexibility index (Phi) is 3.51. The normalized spacial score (nSPS) is 20.9. The van der Waals surface area contributed by atoms with Gasteiger partial charge in [0.05, 0.1) is 5.56 Å². The van der Waals surface area contributed by atoms with Crippen molar-refractivity contribution in [3.63, 3.8) is 0 Å². The van der Waals surface area contributed by atoms with Crippen LogP contribution in [0.2, 0.25) is 0 Å². The molecule has 124 valence electrons. The van der Waals surface area contributed by atoms with Crippen molar-refractivity contribution in [2.75, 3.05) is 33.2 Å². The van der Waals surface area contributed by atoms with Gasteiger partial charge in [-0.15, -0.1) is 10.2 Å². The van der Waals surface area contributed by atoms with Crippen LogP contribution in [0.5, 0.6) is 0 Å². The maximum atomic E-state index is 12.6. The predicted octanol–water partition coefficient (Wildman–Crippen LogP) is 1.14. The average molecular weight is 338 g/mol. The van der Waals surface area contributed by atoms with Crippen LogP contribution in [0.15, 0.2) is 26.3 Å². The lowest BCUT2D eigenvalue weighted by atomic mass is 10.3. The van der Waals surface area contributed by atoms with Gasteiger partial charge in [-0.2, -0.15) is 4.31 Å². The van der Waals surface area contributed by atoms with Crippen LogP contribution in [-0.2, 0) is 10.0 Å². The summed E-state index contributed by atoms with van der Waals surface area (Å²) in [5.74, 6) is 1.27. The summed E-state index contributed by atoms with van der Waals surface area (Å²) in [4.78, 5) is 2.09. The van der Waals surface area contributed by atoms with Crippen LogP contribution in [0, 0.1) is 0 Å². The fraction of sp³-hybridized carbons (Fsp3) is 0.571. The van der Waals surface area contributed by atoms with Crippen LogP contribution in [0.3, 0.4) is 0 Å². The number of sulfonamides is 1. The largest absolute Gasteiger partial charge is 0.451 e. The molecule has 23 heavy (non-hydrogen) atoms. The highest BCUT2D eigenvalue weighted by Crippen LogP contribution is 2.40. The van der Waals surface area contributed by atoms with E-state index in [1.54, 1.807) is 0 Å². The average Bonchev–Trinajstić information content (AvgIpc) is 3.07. The van der Waals surface area contributed by atoms with Gasteiger partial charge in [0, 0.05) is 38.2 Å². The fourth-order valence-corrected chi connectivity index (χ4v) is 3.91. The Morgan fingerprint density at radius 2 is 1.91 bits per heavy atom. The lowest BCUT2D eigenvalue weighted by Crippen LogP contribution is -2.46. The van der Waals surface area contributed by atoms with Crippen molar-refractivity contribution in [1.29, 1.82) is 0 Å². The SMILES string of the molecule is CN1CCN(S(=O)(=O)c2cc(-c3nnc(C4CC4)o3)co2)CC1. The van der Waals surface area contributed by atoms with E-state index >= 15 is 0 Å². The molecule has 2 aromatic heterocycles. The molecule has 1 aliphatic heterocycles. The van der Waals surface area contributed by atoms with Crippen LogP contribution < -0.4 is 0 Å². The number of furan rings is 1. The van der Waals surface area contributed by atoms with Crippen LogP contribution in [0.1, 0.15) is 24.7 Å². The first kappa shape index (κ1) is 14.9. The molecular weight excluding hydrogens is 320 g/mol. The molecule has 3 heterocycles. The molecule has 0 spiro atoms. The second kappa shape index (κ2) is 5.43. The van der Waals surface area contributed by atoms with Gasteiger partial charge in [-0.25, -0.2) is 8.42 Å². The highest BCUT2D eigenvalue weighted by atomic mass is 32.2. The summed E-state index contributed by atoms with van der Waals surface area (Å²) >= 11 is 0. The molecule has 0 aromatic carbocycles. The summed E-state index contributed by atoms with van der Waals surface area (Å²) < 4.78 is 37.5. The molecular formula is C14H18N4O4S. The lowest BCUT2D eigenvalue weighted by molar-refractivity contribution is 0.219. The van der Waals surface area contributed by atoms with Gasteiger partial charge >= 0.3 is 0 Å². The molecule has 0 atom stereocenters. The van der Waals surface area contributed by atoms with Crippen molar-refractivity contribution < 1.29 is 17.3 Å². The van der Waals surface area contributed by atoms with E-state index in [2.05, 4.69) is 15.1 Å². The van der Waals surface area contributed by atoms with E-state index in [1.165, 1.54) is 16.6 Å². The van der Waals surface area contributed by atoms with Gasteiger partial charge in [-0.1, -0.05) is 0 Å². The molecule has 1 saturated carbocycles. The molecule has 2 aliphatic rings. The Morgan fingerprint density at radius 3 is 2.61 bits per heavy atom. The maximum Gasteiger partial charge on any atom is 0.276 e. The Morgan fingerprint density at radius 1 is 1.17 bits per heavy atom. The third kappa shape index (κ3) is 2.79. The molecule has 2 fully saturated rings. The summed E-state index contributed by atoms with van der Waals surface area (Å²) in [5, 5.41) is 7.89. The Labute approximate surface area is 134 Å². The Hall–Kier alpha value is -1.71. The molecule has 4 rings (SSSR count). The number of likely N-dealkylation sites (N-methyl/N-ethyl adjacent to an activating group) is 1. The van der Waals surface area contributed by atoms with Crippen molar-refractivity contribution in [1.82, 2.24) is 19.4 Å². The zero-order valence-corrected chi connectivity index (χ0v) is 13.6. The minimum Gasteiger partial charge on any atom is -0.451 e. The highest BCUT2D eigenvalue weighted by molar-refractivity contribution is 7.89. The van der Waals surface area contributed by atoms with Crippen LogP contribution in [0.25, 0.3) is 11.5 Å². The highest BCUT2D eigenvalue weighted by Gasteiger charge is 2.32. The van der Waals surface area contributed by atoms with Gasteiger partial charge in [0.2, 0.25) is 11.0 Å². The Balaban J connectivity index is 1.56. The summed E-state index contributed by atoms with van der Waals surface area (Å²) in [7, 11) is -1.65. The van der Waals surface area contributed by atoms with Crippen LogP contribution in [0.4, 0.5) is 0 Å². The molecule has 0 unspecified atom stereocenters. The quantitative estimate of drug-likeness (QED) is 0.825. The van der Waals surface area contributed by atoms with Gasteiger partial charge in [-0.05, 0) is 19.9 Å². The van der Waals surface area contributed by atoms with E-state index in [0.29, 0.717) is 49.4 Å². The predicted molar refractivity (Wildman–Crippen MR) is 80.2 cm³/mol. The van der Waals surface area contributed by atoms with E-state index in [-0.39, 0.29) is 5.09 Å². The lowest BCUT2D eigenvalue weighted by Gasteiger charge is -2.30. The maximum absolute atomic E-state index is 12.6. The molecule has 0 amide bonds. The number of rotatable bonds is 4. The fourth-order valence-electron chi connectivity index (χ4n) is 2.57. The zero-order chi connectivity index (χ0) is 16.0. The van der Waals surface area contributed by atoms with Crippen molar-refractivity contribution in [2.45, 2.75) is 23.9 Å². The van der Waals surface area contributed by atoms with E-state index in [9.17, 15) is 8.42 Å². The third-order valence-electron chi connectivity index (χ3n) is 4.25. The minimum atomic E-state index is -3.62. The number of hydrogen-bond donors (Lipinski definition) is 0. The molecule has 2 aromatic rings. The Bertz CT molecular complexity index is 800. The van der Waals surface area contributed by atoms with Gasteiger partial charge in [0.25, 0.3) is 15.9 Å². The first-order valence-corrected chi connectivity index (χ1v) is 9.09. The van der Waals surface area contributed by atoms with Crippen molar-refractivity contribution in [2.24, 2.45) is 0 Å². The third-order valence-corrected chi connectivity index (χ3v) is 6.01. The van der Waals surface area contributed by atoms with E-state index in [0.717, 1.165) is 12.8 Å². The van der Waals surface area contributed by atoms with E-state index < -0.39 is 10.0 Å². The van der Waals surface area contributed by atoms with E-state index in [1.807, 2.05) is 7.05 Å². The second-order valence-corrected chi connectivity index (χ2v) is 7.95. The molecule has 1 saturated heterocycles. The summed E-state index contributed by atoms with van der Waals surface area (Å²) in [6.45, 7) is 2.34. The minimum absolute atomic E-state index is 0.0803. The monoisotopic (exact) mass is 338 g/mol. The van der Waals surface area contributed by atoms with Gasteiger partial charge in [-0.3, -0.25) is 0 Å². The first-order valence-electron chi connectivity index (χ1n) is 7.65. The van der Waals surface area contributed by atoms with Crippen molar-refractivity contribution in [3.8, 4) is 11.5 Å². The number of nitrogens with zero attached hydrogens (tertiary/aromatic N) is 4. The number of aromatic nitrogens is 2. The van der Waals surface area contributed by atoms with Crippen LogP contribution >= 0.6 is 0 Å². The van der Waals surface area contributed by atoms with Gasteiger partial charge in [0.1, 0.15) is 6.26 Å². The van der Waals surface area contributed by atoms with Gasteiger partial charge in [0.15, 0.2) is 0 Å². The smallest absolute Gasteiger partial charge is 0.276 e. The molecule has 1 aliphatic carbocycles. The zero-order valence-electron chi connectivity index (χ0n) is 12.8. The number of piperazine rings is 1. The molecule has 8 nitrogen and oxygen atoms in total. The standard InChI is InChI=1S/C14H18N4O4S/c1-17-4-6-18(7-5-17)23(19,20)12-8-11(9-21-12)14-16-15-13(22-14)10-2-3-10/h8-10H,2-7H2,1H3. The molecule has 0 bridgehead atoms. The van der Waals surface area contributed by atoms with E-state index in [4.69, 9.17) is 8.83 Å². The molecule has 9 heteroatoms. The topological polar surface area (TPSA) is 92.7 Å². The summed E-state index contributed by atoms with van der Waals surface area (Å²) in [6.07, 6.45) is 3.49. The summed E-state index contributed by atoms with van der Waals surface area (Å²) in [6, 6.07) is 1.46. The van der Waals surface area contributed by atoms with Crippen molar-refractivity contribution >= 4 is 10.0 Å². The second-order valence-electron chi connectivity index (χ2n) is 6.08.